The maximum absolute atomic E-state index is 5.77. The van der Waals surface area contributed by atoms with Gasteiger partial charge in [0, 0.05) is 25.7 Å². The minimum atomic E-state index is -0.175. The van der Waals surface area contributed by atoms with Crippen LogP contribution in [-0.2, 0) is 0 Å². The van der Waals surface area contributed by atoms with Gasteiger partial charge in [-0.25, -0.2) is 0 Å². The highest BCUT2D eigenvalue weighted by Crippen LogP contribution is 2.24. The molecule has 0 aromatic carbocycles. The standard InChI is InChI=1S/C10H17N3O/c11-7-8(12)9-3-4-10(14-9)13-5-1-2-6-13/h3-4,8H,1-2,5-7,11-12H2. The monoisotopic (exact) mass is 195 g/mol. The molecule has 0 aliphatic carbocycles. The van der Waals surface area contributed by atoms with Crippen LogP contribution in [0, 0.1) is 0 Å². The van der Waals surface area contributed by atoms with Gasteiger partial charge in [-0.05, 0) is 18.9 Å². The third-order valence-corrected chi connectivity index (χ3v) is 2.65. The molecule has 1 aromatic heterocycles. The van der Waals surface area contributed by atoms with E-state index in [0.29, 0.717) is 6.54 Å². The van der Waals surface area contributed by atoms with Gasteiger partial charge >= 0.3 is 0 Å². The molecule has 1 unspecified atom stereocenters. The first-order valence-corrected chi connectivity index (χ1v) is 5.11. The molecule has 1 aliphatic heterocycles. The van der Waals surface area contributed by atoms with Gasteiger partial charge in [-0.1, -0.05) is 0 Å². The van der Waals surface area contributed by atoms with Crippen LogP contribution < -0.4 is 16.4 Å². The summed E-state index contributed by atoms with van der Waals surface area (Å²) in [6.45, 7) is 2.60. The van der Waals surface area contributed by atoms with E-state index in [2.05, 4.69) is 4.90 Å². The molecule has 4 N–H and O–H groups in total. The van der Waals surface area contributed by atoms with Gasteiger partial charge < -0.3 is 20.8 Å². The van der Waals surface area contributed by atoms with E-state index < -0.39 is 0 Å². The third-order valence-electron chi connectivity index (χ3n) is 2.65. The Hall–Kier alpha value is -1.00. The van der Waals surface area contributed by atoms with Gasteiger partial charge in [-0.2, -0.15) is 0 Å². The molecule has 1 atom stereocenters. The van der Waals surface area contributed by atoms with Gasteiger partial charge in [0.25, 0.3) is 0 Å². The number of hydrogen-bond donors (Lipinski definition) is 2. The van der Waals surface area contributed by atoms with Crippen LogP contribution in [0.3, 0.4) is 0 Å². The van der Waals surface area contributed by atoms with Gasteiger partial charge in [0.2, 0.25) is 0 Å². The zero-order valence-electron chi connectivity index (χ0n) is 8.28. The zero-order valence-corrected chi connectivity index (χ0v) is 8.28. The first kappa shape index (κ1) is 9.55. The maximum Gasteiger partial charge on any atom is 0.195 e. The molecule has 1 saturated heterocycles. The van der Waals surface area contributed by atoms with Gasteiger partial charge in [-0.15, -0.1) is 0 Å². The highest BCUT2D eigenvalue weighted by atomic mass is 16.4. The van der Waals surface area contributed by atoms with E-state index in [0.717, 1.165) is 24.7 Å². The summed E-state index contributed by atoms with van der Waals surface area (Å²) in [4.78, 5) is 2.24. The lowest BCUT2D eigenvalue weighted by atomic mass is 10.2. The van der Waals surface area contributed by atoms with E-state index in [-0.39, 0.29) is 6.04 Å². The third kappa shape index (κ3) is 1.76. The number of rotatable bonds is 3. The molecule has 2 rings (SSSR count). The lowest BCUT2D eigenvalue weighted by Crippen LogP contribution is -2.20. The summed E-state index contributed by atoms with van der Waals surface area (Å²) >= 11 is 0. The normalized spacial score (nSPS) is 18.9. The average molecular weight is 195 g/mol. The number of nitrogens with two attached hydrogens (primary N) is 2. The van der Waals surface area contributed by atoms with Crippen LogP contribution in [0.15, 0.2) is 16.5 Å². The van der Waals surface area contributed by atoms with Crippen molar-refractivity contribution in [3.8, 4) is 0 Å². The number of hydrogen-bond acceptors (Lipinski definition) is 4. The van der Waals surface area contributed by atoms with Crippen LogP contribution in [0.2, 0.25) is 0 Å². The highest BCUT2D eigenvalue weighted by Gasteiger charge is 2.17. The van der Waals surface area contributed by atoms with E-state index in [4.69, 9.17) is 15.9 Å². The maximum atomic E-state index is 5.77. The fourth-order valence-corrected chi connectivity index (χ4v) is 1.77. The van der Waals surface area contributed by atoms with Crippen LogP contribution in [0.1, 0.15) is 24.6 Å². The molecule has 0 spiro atoms. The van der Waals surface area contributed by atoms with Crippen molar-refractivity contribution in [2.75, 3.05) is 24.5 Å². The van der Waals surface area contributed by atoms with Crippen LogP contribution in [-0.4, -0.2) is 19.6 Å². The van der Waals surface area contributed by atoms with Gasteiger partial charge in [0.1, 0.15) is 5.76 Å². The second-order valence-electron chi connectivity index (χ2n) is 3.71. The van der Waals surface area contributed by atoms with Crippen molar-refractivity contribution in [1.82, 2.24) is 0 Å². The van der Waals surface area contributed by atoms with Gasteiger partial charge in [-0.3, -0.25) is 0 Å². The van der Waals surface area contributed by atoms with Crippen molar-refractivity contribution in [1.29, 1.82) is 0 Å². The Balaban J connectivity index is 2.08. The summed E-state index contributed by atoms with van der Waals surface area (Å²) in [5.41, 5.74) is 11.2. The highest BCUT2D eigenvalue weighted by molar-refractivity contribution is 5.37. The fraction of sp³-hybridized carbons (Fsp3) is 0.600. The molecule has 0 radical (unpaired) electrons. The first-order valence-electron chi connectivity index (χ1n) is 5.11. The SMILES string of the molecule is NCC(N)c1ccc(N2CCCC2)o1. The smallest absolute Gasteiger partial charge is 0.195 e. The Morgan fingerprint density at radius 3 is 2.71 bits per heavy atom. The predicted octanol–water partition coefficient (Wildman–Crippen LogP) is 0.838. The molecule has 14 heavy (non-hydrogen) atoms. The van der Waals surface area contributed by atoms with Crippen LogP contribution in [0.25, 0.3) is 0 Å². The number of anilines is 1. The second kappa shape index (κ2) is 4.02. The Bertz CT molecular complexity index is 291. The Labute approximate surface area is 83.8 Å². The minimum absolute atomic E-state index is 0.175. The molecule has 4 heteroatoms. The molecule has 0 bridgehead atoms. The molecule has 78 valence electrons. The molecule has 2 heterocycles. The van der Waals surface area contributed by atoms with Crippen molar-refractivity contribution < 1.29 is 4.42 Å². The summed E-state index contributed by atoms with van der Waals surface area (Å²) in [5.74, 6) is 1.72. The van der Waals surface area contributed by atoms with E-state index in [9.17, 15) is 0 Å². The van der Waals surface area contributed by atoms with Crippen LogP contribution in [0.4, 0.5) is 5.88 Å². The lowest BCUT2D eigenvalue weighted by molar-refractivity contribution is 0.468. The summed E-state index contributed by atoms with van der Waals surface area (Å²) < 4.78 is 5.64. The summed E-state index contributed by atoms with van der Waals surface area (Å²) in [6, 6.07) is 3.73. The van der Waals surface area contributed by atoms with Crippen molar-refractivity contribution in [3.63, 3.8) is 0 Å². The number of nitrogens with zero attached hydrogens (tertiary/aromatic N) is 1. The van der Waals surface area contributed by atoms with E-state index in [1.165, 1.54) is 12.8 Å². The molecular formula is C10H17N3O. The molecule has 4 nitrogen and oxygen atoms in total. The van der Waals surface area contributed by atoms with Gasteiger partial charge in [0.05, 0.1) is 6.04 Å². The molecule has 0 amide bonds. The summed E-state index contributed by atoms with van der Waals surface area (Å²) in [5, 5.41) is 0. The molecule has 1 fully saturated rings. The second-order valence-corrected chi connectivity index (χ2v) is 3.71. The van der Waals surface area contributed by atoms with E-state index in [1.807, 2.05) is 12.1 Å². The summed E-state index contributed by atoms with van der Waals surface area (Å²) in [6.07, 6.45) is 2.50. The van der Waals surface area contributed by atoms with Crippen molar-refractivity contribution >= 4 is 5.88 Å². The number of furan rings is 1. The fourth-order valence-electron chi connectivity index (χ4n) is 1.77. The van der Waals surface area contributed by atoms with E-state index in [1.54, 1.807) is 0 Å². The van der Waals surface area contributed by atoms with Crippen LogP contribution >= 0.6 is 0 Å². The van der Waals surface area contributed by atoms with E-state index >= 15 is 0 Å². The molecule has 1 aliphatic rings. The van der Waals surface area contributed by atoms with Crippen molar-refractivity contribution in [2.24, 2.45) is 11.5 Å². The Kier molecular flexibility index (Phi) is 2.74. The Morgan fingerprint density at radius 1 is 1.36 bits per heavy atom. The lowest BCUT2D eigenvalue weighted by Gasteiger charge is -2.13. The predicted molar refractivity (Wildman–Crippen MR) is 56.1 cm³/mol. The topological polar surface area (TPSA) is 68.4 Å². The molecule has 0 saturated carbocycles. The summed E-state index contributed by atoms with van der Waals surface area (Å²) in [7, 11) is 0. The zero-order chi connectivity index (χ0) is 9.97. The molecule has 1 aromatic rings. The Morgan fingerprint density at radius 2 is 2.07 bits per heavy atom. The quantitative estimate of drug-likeness (QED) is 0.750. The average Bonchev–Trinajstić information content (AvgIpc) is 2.86. The molecular weight excluding hydrogens is 178 g/mol. The van der Waals surface area contributed by atoms with Crippen molar-refractivity contribution in [2.45, 2.75) is 18.9 Å². The van der Waals surface area contributed by atoms with Crippen molar-refractivity contribution in [3.05, 3.63) is 17.9 Å². The van der Waals surface area contributed by atoms with Crippen LogP contribution in [0.5, 0.6) is 0 Å². The van der Waals surface area contributed by atoms with Gasteiger partial charge in [0.15, 0.2) is 5.88 Å². The minimum Gasteiger partial charge on any atom is -0.444 e. The first-order chi connectivity index (χ1) is 6.81. The largest absolute Gasteiger partial charge is 0.444 e.